The van der Waals surface area contributed by atoms with Gasteiger partial charge in [0, 0.05) is 25.8 Å². The third-order valence-corrected chi connectivity index (χ3v) is 5.99. The molecule has 2 aromatic heterocycles. The number of aromatic nitrogens is 3. The van der Waals surface area contributed by atoms with E-state index in [1.165, 1.54) is 0 Å². The molecule has 3 aromatic rings. The molecule has 8 nitrogen and oxygen atoms in total. The zero-order valence-electron chi connectivity index (χ0n) is 16.5. The second-order valence-electron chi connectivity index (χ2n) is 7.90. The summed E-state index contributed by atoms with van der Waals surface area (Å²) in [5.41, 5.74) is 1.71. The van der Waals surface area contributed by atoms with Gasteiger partial charge in [-0.25, -0.2) is 9.97 Å². The number of ether oxygens (including phenoxy) is 1. The van der Waals surface area contributed by atoms with E-state index in [1.807, 2.05) is 42.6 Å². The fourth-order valence-corrected chi connectivity index (χ4v) is 4.32. The van der Waals surface area contributed by atoms with Crippen LogP contribution in [0.4, 0.5) is 5.82 Å². The predicted octanol–water partition coefficient (Wildman–Crippen LogP) is 2.28. The summed E-state index contributed by atoms with van der Waals surface area (Å²) in [5.74, 6) is 1.74. The predicted molar refractivity (Wildman–Crippen MR) is 111 cm³/mol. The van der Waals surface area contributed by atoms with E-state index in [9.17, 15) is 4.79 Å². The first-order valence-corrected chi connectivity index (χ1v) is 10.1. The quantitative estimate of drug-likeness (QED) is 0.703. The second-order valence-corrected chi connectivity index (χ2v) is 7.90. The molecule has 1 spiro atoms. The van der Waals surface area contributed by atoms with E-state index in [1.54, 1.807) is 6.33 Å². The van der Waals surface area contributed by atoms with Crippen molar-refractivity contribution in [1.29, 1.82) is 5.26 Å². The highest BCUT2D eigenvalue weighted by atomic mass is 16.5. The molecule has 1 N–H and O–H groups in total. The summed E-state index contributed by atoms with van der Waals surface area (Å²) in [6.07, 6.45) is 5.90. The van der Waals surface area contributed by atoms with Crippen LogP contribution >= 0.6 is 0 Å². The van der Waals surface area contributed by atoms with E-state index < -0.39 is 0 Å². The van der Waals surface area contributed by atoms with Crippen LogP contribution in [-0.2, 0) is 11.2 Å². The van der Waals surface area contributed by atoms with Crippen LogP contribution in [0.25, 0.3) is 11.0 Å². The molecule has 0 atom stereocenters. The molecule has 2 aliphatic rings. The smallest absolute Gasteiger partial charge is 0.227 e. The molecule has 1 aliphatic carbocycles. The van der Waals surface area contributed by atoms with Crippen molar-refractivity contribution >= 4 is 22.8 Å². The summed E-state index contributed by atoms with van der Waals surface area (Å²) in [6, 6.07) is 11.4. The third-order valence-electron chi connectivity index (χ3n) is 5.99. The summed E-state index contributed by atoms with van der Waals surface area (Å²) in [5, 5.41) is 9.62. The highest BCUT2D eigenvalue weighted by molar-refractivity contribution is 5.87. The van der Waals surface area contributed by atoms with Crippen LogP contribution in [0.15, 0.2) is 42.9 Å². The van der Waals surface area contributed by atoms with Crippen molar-refractivity contribution in [2.75, 3.05) is 31.1 Å². The van der Waals surface area contributed by atoms with Crippen LogP contribution in [0.1, 0.15) is 18.4 Å². The van der Waals surface area contributed by atoms with E-state index in [4.69, 9.17) is 10.00 Å². The highest BCUT2D eigenvalue weighted by Gasteiger charge is 2.53. The average Bonchev–Trinajstić information content (AvgIpc) is 3.34. The van der Waals surface area contributed by atoms with Crippen LogP contribution in [-0.4, -0.2) is 57.5 Å². The first-order chi connectivity index (χ1) is 14.7. The maximum atomic E-state index is 13.1. The summed E-state index contributed by atoms with van der Waals surface area (Å²) < 4.78 is 5.28. The van der Waals surface area contributed by atoms with E-state index in [0.717, 1.165) is 48.3 Å². The summed E-state index contributed by atoms with van der Waals surface area (Å²) in [6.45, 7) is 2.27. The minimum Gasteiger partial charge on any atom is -0.479 e. The number of rotatable bonds is 5. The first kappa shape index (κ1) is 18.4. The number of benzene rings is 1. The van der Waals surface area contributed by atoms with Gasteiger partial charge in [0.05, 0.1) is 17.3 Å². The van der Waals surface area contributed by atoms with Crippen molar-refractivity contribution in [3.8, 4) is 11.8 Å². The lowest BCUT2D eigenvalue weighted by atomic mass is 10.1. The Morgan fingerprint density at radius 2 is 2.03 bits per heavy atom. The van der Waals surface area contributed by atoms with Gasteiger partial charge in [-0.1, -0.05) is 12.1 Å². The summed E-state index contributed by atoms with van der Waals surface area (Å²) >= 11 is 0. The van der Waals surface area contributed by atoms with Crippen LogP contribution in [0, 0.1) is 11.3 Å². The van der Waals surface area contributed by atoms with Gasteiger partial charge < -0.3 is 19.5 Å². The molecular formula is C22H22N6O2. The lowest BCUT2D eigenvalue weighted by Gasteiger charge is -2.43. The highest BCUT2D eigenvalue weighted by Crippen LogP contribution is 2.45. The van der Waals surface area contributed by atoms with Crippen molar-refractivity contribution in [1.82, 2.24) is 19.9 Å². The number of piperazine rings is 1. The number of fused-ring (bicyclic) bond motifs is 1. The SMILES string of the molecule is N#CCOc1ccc(CC(=O)N2CCN(c3ncnc4[nH]ccc34)CC23CC3)cc1. The molecule has 8 heteroatoms. The van der Waals surface area contributed by atoms with Crippen molar-refractivity contribution < 1.29 is 9.53 Å². The molecular weight excluding hydrogens is 380 g/mol. The van der Waals surface area contributed by atoms with Gasteiger partial charge in [-0.2, -0.15) is 5.26 Å². The number of nitrogens with one attached hydrogen (secondary N) is 1. The monoisotopic (exact) mass is 402 g/mol. The molecule has 5 rings (SSSR count). The Balaban J connectivity index is 1.27. The number of amides is 1. The maximum Gasteiger partial charge on any atom is 0.227 e. The molecule has 1 aromatic carbocycles. The van der Waals surface area contributed by atoms with Gasteiger partial charge >= 0.3 is 0 Å². The van der Waals surface area contributed by atoms with Crippen LogP contribution < -0.4 is 9.64 Å². The number of H-pyrrole nitrogens is 1. The van der Waals surface area contributed by atoms with Gasteiger partial charge in [0.2, 0.25) is 5.91 Å². The van der Waals surface area contributed by atoms with Gasteiger partial charge in [-0.15, -0.1) is 0 Å². The topological polar surface area (TPSA) is 98.1 Å². The van der Waals surface area contributed by atoms with Crippen molar-refractivity contribution in [2.45, 2.75) is 24.8 Å². The minimum atomic E-state index is -0.0846. The number of hydrogen-bond donors (Lipinski definition) is 1. The Hall–Kier alpha value is -3.60. The molecule has 3 heterocycles. The Morgan fingerprint density at radius 3 is 2.80 bits per heavy atom. The van der Waals surface area contributed by atoms with E-state index in [0.29, 0.717) is 18.7 Å². The standard InChI is InChI=1S/C22H22N6O2/c23-8-12-30-17-3-1-16(2-4-17)13-19(29)28-11-10-27(14-22(28)6-7-22)21-18-5-9-24-20(18)25-15-26-21/h1-5,9,15H,6-7,10-14H2,(H,24,25,26). The van der Waals surface area contributed by atoms with Gasteiger partial charge in [-0.05, 0) is 36.6 Å². The van der Waals surface area contributed by atoms with Crippen LogP contribution in [0.3, 0.4) is 0 Å². The van der Waals surface area contributed by atoms with Gasteiger partial charge in [-0.3, -0.25) is 4.79 Å². The van der Waals surface area contributed by atoms with E-state index >= 15 is 0 Å². The van der Waals surface area contributed by atoms with E-state index in [-0.39, 0.29) is 18.1 Å². The fourth-order valence-electron chi connectivity index (χ4n) is 4.32. The molecule has 30 heavy (non-hydrogen) atoms. The summed E-state index contributed by atoms with van der Waals surface area (Å²) in [7, 11) is 0. The Bertz CT molecular complexity index is 1110. The van der Waals surface area contributed by atoms with Gasteiger partial charge in [0.1, 0.15) is 29.6 Å². The summed E-state index contributed by atoms with van der Waals surface area (Å²) in [4.78, 5) is 29.4. The largest absolute Gasteiger partial charge is 0.479 e. The number of nitriles is 1. The number of nitrogens with zero attached hydrogens (tertiary/aromatic N) is 5. The molecule has 0 bridgehead atoms. The van der Waals surface area contributed by atoms with Crippen LogP contribution in [0.5, 0.6) is 5.75 Å². The Morgan fingerprint density at radius 1 is 1.20 bits per heavy atom. The minimum absolute atomic E-state index is 0.0203. The number of carbonyl (C=O) groups is 1. The normalized spacial score (nSPS) is 17.2. The third kappa shape index (κ3) is 3.32. The zero-order chi connectivity index (χ0) is 20.6. The molecule has 2 fully saturated rings. The Labute approximate surface area is 174 Å². The number of hydrogen-bond acceptors (Lipinski definition) is 6. The van der Waals surface area contributed by atoms with Crippen molar-refractivity contribution in [3.05, 3.63) is 48.4 Å². The van der Waals surface area contributed by atoms with E-state index in [2.05, 4.69) is 24.8 Å². The average molecular weight is 402 g/mol. The fraction of sp³-hybridized carbons (Fsp3) is 0.364. The number of aromatic amines is 1. The van der Waals surface area contributed by atoms with Crippen LogP contribution in [0.2, 0.25) is 0 Å². The van der Waals surface area contributed by atoms with Crippen molar-refractivity contribution in [2.24, 2.45) is 0 Å². The second kappa shape index (κ2) is 7.34. The number of carbonyl (C=O) groups excluding carboxylic acids is 1. The van der Waals surface area contributed by atoms with Gasteiger partial charge in [0.25, 0.3) is 0 Å². The lowest BCUT2D eigenvalue weighted by molar-refractivity contribution is -0.134. The first-order valence-electron chi connectivity index (χ1n) is 10.1. The molecule has 1 aliphatic heterocycles. The molecule has 1 saturated heterocycles. The number of anilines is 1. The molecule has 0 unspecified atom stereocenters. The molecule has 152 valence electrons. The molecule has 1 amide bonds. The lowest BCUT2D eigenvalue weighted by Crippen LogP contribution is -2.57. The Kier molecular flexibility index (Phi) is 4.51. The maximum absolute atomic E-state index is 13.1. The van der Waals surface area contributed by atoms with Gasteiger partial charge in [0.15, 0.2) is 6.61 Å². The molecule has 0 radical (unpaired) electrons. The zero-order valence-corrected chi connectivity index (χ0v) is 16.5. The van der Waals surface area contributed by atoms with Crippen molar-refractivity contribution in [3.63, 3.8) is 0 Å². The molecule has 1 saturated carbocycles.